The number of hydrogen-bond donors (Lipinski definition) is 1. The van der Waals surface area contributed by atoms with Gasteiger partial charge in [-0.2, -0.15) is 0 Å². The lowest BCUT2D eigenvalue weighted by Gasteiger charge is -2.39. The van der Waals surface area contributed by atoms with Crippen LogP contribution >= 0.6 is 0 Å². The van der Waals surface area contributed by atoms with Crippen LogP contribution in [0, 0.1) is 6.92 Å². The third kappa shape index (κ3) is 4.57. The van der Waals surface area contributed by atoms with Crippen molar-refractivity contribution in [2.75, 3.05) is 33.2 Å². The molecule has 4 nitrogen and oxygen atoms in total. The predicted octanol–water partition coefficient (Wildman–Crippen LogP) is 3.17. The van der Waals surface area contributed by atoms with E-state index in [0.29, 0.717) is 12.1 Å². The number of aromatic nitrogens is 1. The Morgan fingerprint density at radius 1 is 1.22 bits per heavy atom. The molecule has 1 N–H and O–H groups in total. The number of nitrogens with one attached hydrogen (secondary N) is 1. The van der Waals surface area contributed by atoms with Crippen LogP contribution in [0.4, 0.5) is 0 Å². The SMILES string of the molecule is Cc1ccc(CN2CCN[C@@H](CN(C)[C@H]3CCCc4cccnc43)C2)cc1. The van der Waals surface area contributed by atoms with E-state index in [4.69, 9.17) is 4.98 Å². The molecule has 4 heteroatoms. The zero-order chi connectivity index (χ0) is 18.6. The Morgan fingerprint density at radius 2 is 2.07 bits per heavy atom. The van der Waals surface area contributed by atoms with Crippen LogP contribution in [-0.4, -0.2) is 54.1 Å². The van der Waals surface area contributed by atoms with Crippen LogP contribution in [0.3, 0.4) is 0 Å². The molecule has 1 aromatic carbocycles. The van der Waals surface area contributed by atoms with E-state index in [1.165, 1.54) is 41.6 Å². The van der Waals surface area contributed by atoms with E-state index in [2.05, 4.69) is 65.5 Å². The molecule has 2 atom stereocenters. The smallest absolute Gasteiger partial charge is 0.0607 e. The molecular formula is C23H32N4. The minimum absolute atomic E-state index is 0.462. The van der Waals surface area contributed by atoms with Crippen molar-refractivity contribution in [3.05, 3.63) is 65.0 Å². The maximum Gasteiger partial charge on any atom is 0.0607 e. The minimum Gasteiger partial charge on any atom is -0.310 e. The predicted molar refractivity (Wildman–Crippen MR) is 111 cm³/mol. The molecule has 0 radical (unpaired) electrons. The first-order chi connectivity index (χ1) is 13.2. The summed E-state index contributed by atoms with van der Waals surface area (Å²) in [5.41, 5.74) is 5.50. The number of fused-ring (bicyclic) bond motifs is 1. The summed E-state index contributed by atoms with van der Waals surface area (Å²) in [5, 5.41) is 3.73. The fourth-order valence-electron chi connectivity index (χ4n) is 4.60. The topological polar surface area (TPSA) is 31.4 Å². The summed E-state index contributed by atoms with van der Waals surface area (Å²) < 4.78 is 0. The summed E-state index contributed by atoms with van der Waals surface area (Å²) in [7, 11) is 2.27. The summed E-state index contributed by atoms with van der Waals surface area (Å²) in [6.07, 6.45) is 5.62. The number of nitrogens with zero attached hydrogens (tertiary/aromatic N) is 3. The molecule has 1 saturated heterocycles. The molecule has 1 aliphatic heterocycles. The van der Waals surface area contributed by atoms with E-state index in [-0.39, 0.29) is 0 Å². The standard InChI is InChI=1S/C23H32N4/c1-18-8-10-19(11-9-18)15-27-14-13-24-21(17-27)16-26(2)22-7-3-5-20-6-4-12-25-23(20)22/h4,6,8-12,21-22,24H,3,5,7,13-17H2,1-2H3/t21-,22-/m0/s1. The van der Waals surface area contributed by atoms with E-state index in [9.17, 15) is 0 Å². The minimum atomic E-state index is 0.462. The van der Waals surface area contributed by atoms with Crippen molar-refractivity contribution in [3.8, 4) is 0 Å². The number of likely N-dealkylation sites (N-methyl/N-ethyl adjacent to an activating group) is 1. The average Bonchev–Trinajstić information content (AvgIpc) is 2.69. The molecule has 27 heavy (non-hydrogen) atoms. The zero-order valence-electron chi connectivity index (χ0n) is 16.7. The van der Waals surface area contributed by atoms with Gasteiger partial charge in [0.05, 0.1) is 11.7 Å². The lowest BCUT2D eigenvalue weighted by Crippen LogP contribution is -2.54. The van der Waals surface area contributed by atoms with Crippen molar-refractivity contribution in [3.63, 3.8) is 0 Å². The van der Waals surface area contributed by atoms with Crippen LogP contribution in [-0.2, 0) is 13.0 Å². The van der Waals surface area contributed by atoms with Crippen LogP contribution in [0.1, 0.15) is 41.3 Å². The van der Waals surface area contributed by atoms with Gasteiger partial charge in [0.25, 0.3) is 0 Å². The molecule has 2 aromatic rings. The van der Waals surface area contributed by atoms with Crippen molar-refractivity contribution in [1.82, 2.24) is 20.1 Å². The molecule has 0 unspecified atom stereocenters. The molecule has 2 aliphatic rings. The molecule has 4 rings (SSSR count). The van der Waals surface area contributed by atoms with Crippen LogP contribution in [0.2, 0.25) is 0 Å². The second-order valence-corrected chi connectivity index (χ2v) is 8.27. The number of piperazine rings is 1. The number of rotatable bonds is 5. The highest BCUT2D eigenvalue weighted by molar-refractivity contribution is 5.25. The van der Waals surface area contributed by atoms with Crippen molar-refractivity contribution in [2.45, 2.75) is 44.8 Å². The number of benzene rings is 1. The van der Waals surface area contributed by atoms with Gasteiger partial charge in [-0.3, -0.25) is 14.8 Å². The maximum absolute atomic E-state index is 4.72. The highest BCUT2D eigenvalue weighted by Gasteiger charge is 2.28. The van der Waals surface area contributed by atoms with E-state index in [1.807, 2.05) is 6.20 Å². The van der Waals surface area contributed by atoms with E-state index in [0.717, 1.165) is 32.7 Å². The second-order valence-electron chi connectivity index (χ2n) is 8.27. The van der Waals surface area contributed by atoms with Gasteiger partial charge in [-0.05, 0) is 50.4 Å². The summed E-state index contributed by atoms with van der Waals surface area (Å²) in [6, 6.07) is 14.3. The van der Waals surface area contributed by atoms with Gasteiger partial charge >= 0.3 is 0 Å². The quantitative estimate of drug-likeness (QED) is 0.883. The Hall–Kier alpha value is -1.75. The van der Waals surface area contributed by atoms with Gasteiger partial charge in [0, 0.05) is 45.0 Å². The highest BCUT2D eigenvalue weighted by Crippen LogP contribution is 2.31. The lowest BCUT2D eigenvalue weighted by molar-refractivity contribution is 0.137. The Kier molecular flexibility index (Phi) is 5.86. The Morgan fingerprint density at radius 3 is 2.93 bits per heavy atom. The third-order valence-electron chi connectivity index (χ3n) is 6.07. The van der Waals surface area contributed by atoms with E-state index >= 15 is 0 Å². The van der Waals surface area contributed by atoms with E-state index < -0.39 is 0 Å². The Labute approximate surface area is 163 Å². The molecular weight excluding hydrogens is 332 g/mol. The van der Waals surface area contributed by atoms with Crippen LogP contribution < -0.4 is 5.32 Å². The number of pyridine rings is 1. The van der Waals surface area contributed by atoms with Crippen molar-refractivity contribution in [2.24, 2.45) is 0 Å². The normalized spacial score (nSPS) is 23.4. The molecule has 0 bridgehead atoms. The van der Waals surface area contributed by atoms with Gasteiger partial charge in [-0.25, -0.2) is 0 Å². The van der Waals surface area contributed by atoms with Gasteiger partial charge in [0.15, 0.2) is 0 Å². The molecule has 144 valence electrons. The fraction of sp³-hybridized carbons (Fsp3) is 0.522. The third-order valence-corrected chi connectivity index (χ3v) is 6.07. The summed E-state index contributed by atoms with van der Waals surface area (Å²) >= 11 is 0. The average molecular weight is 365 g/mol. The monoisotopic (exact) mass is 364 g/mol. The number of hydrogen-bond acceptors (Lipinski definition) is 4. The van der Waals surface area contributed by atoms with Crippen molar-refractivity contribution >= 4 is 0 Å². The molecule has 0 spiro atoms. The molecule has 1 aromatic heterocycles. The molecule has 2 heterocycles. The summed E-state index contributed by atoms with van der Waals surface area (Å²) in [5.74, 6) is 0. The van der Waals surface area contributed by atoms with Crippen molar-refractivity contribution in [1.29, 1.82) is 0 Å². The molecule has 0 saturated carbocycles. The van der Waals surface area contributed by atoms with Gasteiger partial charge in [0.2, 0.25) is 0 Å². The highest BCUT2D eigenvalue weighted by atomic mass is 15.2. The first kappa shape index (κ1) is 18.6. The second kappa shape index (κ2) is 8.51. The van der Waals surface area contributed by atoms with Gasteiger partial charge in [0.1, 0.15) is 0 Å². The zero-order valence-corrected chi connectivity index (χ0v) is 16.7. The van der Waals surface area contributed by atoms with Crippen LogP contribution in [0.5, 0.6) is 0 Å². The first-order valence-corrected chi connectivity index (χ1v) is 10.3. The Bertz CT molecular complexity index is 742. The Balaban J connectivity index is 1.36. The first-order valence-electron chi connectivity index (χ1n) is 10.3. The lowest BCUT2D eigenvalue weighted by atomic mass is 9.91. The molecule has 1 aliphatic carbocycles. The number of aryl methyl sites for hydroxylation is 2. The summed E-state index contributed by atoms with van der Waals surface area (Å²) in [4.78, 5) is 9.84. The van der Waals surface area contributed by atoms with Crippen LogP contribution in [0.25, 0.3) is 0 Å². The molecule has 1 fully saturated rings. The summed E-state index contributed by atoms with van der Waals surface area (Å²) in [6.45, 7) is 7.59. The molecule has 0 amide bonds. The fourth-order valence-corrected chi connectivity index (χ4v) is 4.60. The van der Waals surface area contributed by atoms with Crippen LogP contribution in [0.15, 0.2) is 42.6 Å². The van der Waals surface area contributed by atoms with Gasteiger partial charge < -0.3 is 5.32 Å². The van der Waals surface area contributed by atoms with Crippen molar-refractivity contribution < 1.29 is 0 Å². The maximum atomic E-state index is 4.72. The van der Waals surface area contributed by atoms with Gasteiger partial charge in [-0.1, -0.05) is 35.9 Å². The van der Waals surface area contributed by atoms with Gasteiger partial charge in [-0.15, -0.1) is 0 Å². The van der Waals surface area contributed by atoms with E-state index in [1.54, 1.807) is 0 Å². The largest absolute Gasteiger partial charge is 0.310 e.